The van der Waals surface area contributed by atoms with Gasteiger partial charge >= 0.3 is 5.97 Å². The second-order valence-corrected chi connectivity index (χ2v) is 5.02. The van der Waals surface area contributed by atoms with Crippen LogP contribution in [0.2, 0.25) is 0 Å². The summed E-state index contributed by atoms with van der Waals surface area (Å²) in [4.78, 5) is 11.6. The molecule has 8 nitrogen and oxygen atoms in total. The first-order chi connectivity index (χ1) is 9.04. The van der Waals surface area contributed by atoms with Crippen molar-refractivity contribution in [1.29, 1.82) is 0 Å². The van der Waals surface area contributed by atoms with Gasteiger partial charge in [-0.05, 0) is 6.92 Å². The number of hydrogen-bond acceptors (Lipinski definition) is 8. The Morgan fingerprint density at radius 3 is 2.74 bits per heavy atom. The molecule has 2 rings (SSSR count). The highest BCUT2D eigenvalue weighted by molar-refractivity contribution is 7.13. The Hall–Kier alpha value is -2.03. The Bertz CT molecular complexity index is 591. The Labute approximate surface area is 113 Å². The van der Waals surface area contributed by atoms with E-state index in [4.69, 9.17) is 10.5 Å². The molecule has 19 heavy (non-hydrogen) atoms. The maximum absolute atomic E-state index is 11.6. The van der Waals surface area contributed by atoms with E-state index in [9.17, 15) is 4.79 Å². The molecule has 2 aromatic heterocycles. The Balaban J connectivity index is 2.33. The molecule has 2 heterocycles. The molecule has 0 aliphatic rings. The molecular formula is C10H14N6O2S. The normalized spacial score (nSPS) is 10.9. The number of ether oxygens (including phenoxy) is 1. The van der Waals surface area contributed by atoms with E-state index >= 15 is 0 Å². The van der Waals surface area contributed by atoms with Gasteiger partial charge in [0.1, 0.15) is 5.01 Å². The number of rotatable bonds is 4. The Morgan fingerprint density at radius 1 is 1.42 bits per heavy atom. The lowest BCUT2D eigenvalue weighted by atomic mass is 10.2. The van der Waals surface area contributed by atoms with Crippen molar-refractivity contribution in [3.8, 4) is 5.13 Å². The Kier molecular flexibility index (Phi) is 3.74. The van der Waals surface area contributed by atoms with Gasteiger partial charge in [-0.25, -0.2) is 4.79 Å². The summed E-state index contributed by atoms with van der Waals surface area (Å²) in [6.45, 7) is 5.98. The zero-order valence-corrected chi connectivity index (χ0v) is 11.6. The smallest absolute Gasteiger partial charge is 0.362 e. The molecule has 0 aliphatic heterocycles. The number of nitrogens with zero attached hydrogens (tertiary/aromatic N) is 5. The first-order valence-electron chi connectivity index (χ1n) is 5.76. The van der Waals surface area contributed by atoms with E-state index in [1.165, 1.54) is 16.0 Å². The molecular weight excluding hydrogens is 268 g/mol. The predicted octanol–water partition coefficient (Wildman–Crippen LogP) is 1.00. The van der Waals surface area contributed by atoms with Crippen LogP contribution < -0.4 is 5.73 Å². The topological polar surface area (TPSA) is 109 Å². The van der Waals surface area contributed by atoms with Crippen LogP contribution >= 0.6 is 11.3 Å². The lowest BCUT2D eigenvalue weighted by Gasteiger charge is -1.99. The van der Waals surface area contributed by atoms with Gasteiger partial charge in [0.25, 0.3) is 0 Å². The summed E-state index contributed by atoms with van der Waals surface area (Å²) in [5, 5.41) is 16.9. The molecule has 9 heteroatoms. The van der Waals surface area contributed by atoms with Crippen LogP contribution in [-0.4, -0.2) is 37.8 Å². The van der Waals surface area contributed by atoms with E-state index in [2.05, 4.69) is 20.5 Å². The minimum absolute atomic E-state index is 0.0110. The molecule has 0 aliphatic carbocycles. The maximum atomic E-state index is 11.6. The zero-order valence-electron chi connectivity index (χ0n) is 10.8. The van der Waals surface area contributed by atoms with Crippen molar-refractivity contribution in [2.24, 2.45) is 0 Å². The van der Waals surface area contributed by atoms with Crippen LogP contribution in [0.15, 0.2) is 0 Å². The summed E-state index contributed by atoms with van der Waals surface area (Å²) in [5.41, 5.74) is 5.82. The predicted molar refractivity (Wildman–Crippen MR) is 69.3 cm³/mol. The Morgan fingerprint density at radius 2 is 2.16 bits per heavy atom. The number of esters is 1. The van der Waals surface area contributed by atoms with Gasteiger partial charge in [0.2, 0.25) is 10.8 Å². The van der Waals surface area contributed by atoms with Crippen molar-refractivity contribution in [2.45, 2.75) is 26.7 Å². The summed E-state index contributed by atoms with van der Waals surface area (Å²) in [6, 6.07) is 0. The highest BCUT2D eigenvalue weighted by Crippen LogP contribution is 2.23. The number of hydrogen-bond donors (Lipinski definition) is 1. The van der Waals surface area contributed by atoms with Crippen molar-refractivity contribution < 1.29 is 9.53 Å². The quantitative estimate of drug-likeness (QED) is 0.833. The average molecular weight is 282 g/mol. The van der Waals surface area contributed by atoms with Gasteiger partial charge in [0, 0.05) is 5.92 Å². The lowest BCUT2D eigenvalue weighted by molar-refractivity contribution is 0.0520. The van der Waals surface area contributed by atoms with E-state index < -0.39 is 5.97 Å². The molecule has 0 unspecified atom stereocenters. The third kappa shape index (κ3) is 2.55. The third-order valence-electron chi connectivity index (χ3n) is 2.28. The fraction of sp³-hybridized carbons (Fsp3) is 0.500. The van der Waals surface area contributed by atoms with Gasteiger partial charge in [0.05, 0.1) is 6.61 Å². The standard InChI is InChI=1S/C10H14N6O2S/c1-4-18-9(17)6-7(11)16(15-12-6)10-14-13-8(19-10)5(2)3/h5H,4,11H2,1-3H3. The molecule has 2 aromatic rings. The molecule has 0 radical (unpaired) electrons. The molecule has 0 amide bonds. The van der Waals surface area contributed by atoms with E-state index in [0.717, 1.165) is 5.01 Å². The van der Waals surface area contributed by atoms with Crippen molar-refractivity contribution in [1.82, 2.24) is 25.2 Å². The monoisotopic (exact) mass is 282 g/mol. The second kappa shape index (κ2) is 5.31. The van der Waals surface area contributed by atoms with E-state index in [-0.39, 0.29) is 24.0 Å². The van der Waals surface area contributed by atoms with Crippen LogP contribution in [0, 0.1) is 0 Å². The highest BCUT2D eigenvalue weighted by atomic mass is 32.1. The molecule has 2 N–H and O–H groups in total. The fourth-order valence-corrected chi connectivity index (χ4v) is 2.13. The van der Waals surface area contributed by atoms with Crippen LogP contribution in [0.1, 0.15) is 42.2 Å². The number of aromatic nitrogens is 5. The largest absolute Gasteiger partial charge is 0.461 e. The van der Waals surface area contributed by atoms with Gasteiger partial charge < -0.3 is 10.5 Å². The molecule has 0 saturated heterocycles. The molecule has 0 spiro atoms. The number of anilines is 1. The maximum Gasteiger partial charge on any atom is 0.362 e. The first kappa shape index (κ1) is 13.4. The molecule has 0 fully saturated rings. The molecule has 0 atom stereocenters. The lowest BCUT2D eigenvalue weighted by Crippen LogP contribution is -2.09. The van der Waals surface area contributed by atoms with Gasteiger partial charge in [-0.1, -0.05) is 30.4 Å². The van der Waals surface area contributed by atoms with Gasteiger partial charge in [0.15, 0.2) is 5.82 Å². The molecule has 0 aromatic carbocycles. The van der Waals surface area contributed by atoms with E-state index in [1.807, 2.05) is 13.8 Å². The molecule has 102 valence electrons. The molecule has 0 saturated carbocycles. The number of carbonyl (C=O) groups excluding carboxylic acids is 1. The van der Waals surface area contributed by atoms with Crippen molar-refractivity contribution in [3.63, 3.8) is 0 Å². The summed E-state index contributed by atoms with van der Waals surface area (Å²) in [5.74, 6) is -0.231. The van der Waals surface area contributed by atoms with Crippen molar-refractivity contribution in [3.05, 3.63) is 10.7 Å². The van der Waals surface area contributed by atoms with Gasteiger partial charge in [-0.2, -0.15) is 4.68 Å². The number of nitrogens with two attached hydrogens (primary N) is 1. The summed E-state index contributed by atoms with van der Waals surface area (Å²) in [7, 11) is 0. The highest BCUT2D eigenvalue weighted by Gasteiger charge is 2.21. The van der Waals surface area contributed by atoms with Gasteiger partial charge in [-0.15, -0.1) is 15.3 Å². The molecule has 0 bridgehead atoms. The first-order valence-corrected chi connectivity index (χ1v) is 6.58. The van der Waals surface area contributed by atoms with Crippen molar-refractivity contribution in [2.75, 3.05) is 12.3 Å². The number of nitrogen functional groups attached to an aromatic ring is 1. The van der Waals surface area contributed by atoms with Crippen LogP contribution in [-0.2, 0) is 4.74 Å². The fourth-order valence-electron chi connectivity index (χ4n) is 1.32. The second-order valence-electron chi connectivity index (χ2n) is 4.03. The zero-order chi connectivity index (χ0) is 14.0. The minimum atomic E-state index is -0.597. The van der Waals surface area contributed by atoms with Crippen LogP contribution in [0.5, 0.6) is 0 Å². The SMILES string of the molecule is CCOC(=O)c1nnn(-c2nnc(C(C)C)s2)c1N. The van der Waals surface area contributed by atoms with E-state index in [1.54, 1.807) is 6.92 Å². The van der Waals surface area contributed by atoms with E-state index in [0.29, 0.717) is 5.13 Å². The van der Waals surface area contributed by atoms with Crippen LogP contribution in [0.25, 0.3) is 5.13 Å². The van der Waals surface area contributed by atoms with Crippen molar-refractivity contribution >= 4 is 23.1 Å². The summed E-state index contributed by atoms with van der Waals surface area (Å²) < 4.78 is 6.12. The van der Waals surface area contributed by atoms with Crippen LogP contribution in [0.3, 0.4) is 0 Å². The average Bonchev–Trinajstić information content (AvgIpc) is 2.95. The third-order valence-corrected chi connectivity index (χ3v) is 3.48. The summed E-state index contributed by atoms with van der Waals surface area (Å²) in [6.07, 6.45) is 0. The minimum Gasteiger partial charge on any atom is -0.461 e. The van der Waals surface area contributed by atoms with Gasteiger partial charge in [-0.3, -0.25) is 0 Å². The number of carbonyl (C=O) groups is 1. The van der Waals surface area contributed by atoms with Crippen LogP contribution in [0.4, 0.5) is 5.82 Å². The summed E-state index contributed by atoms with van der Waals surface area (Å²) >= 11 is 1.35.